The van der Waals surface area contributed by atoms with Crippen molar-refractivity contribution in [1.29, 1.82) is 0 Å². The van der Waals surface area contributed by atoms with E-state index in [1.165, 1.54) is 36.9 Å². The van der Waals surface area contributed by atoms with E-state index >= 15 is 0 Å². The average molecular weight is 247 g/mol. The third kappa shape index (κ3) is 3.02. The molecule has 1 fully saturated rings. The molecule has 0 bridgehead atoms. The first-order valence-electron chi connectivity index (χ1n) is 7.11. The van der Waals surface area contributed by atoms with E-state index in [2.05, 4.69) is 42.2 Å². The largest absolute Gasteiger partial charge is 0.371 e. The quantitative estimate of drug-likeness (QED) is 0.867. The summed E-state index contributed by atoms with van der Waals surface area (Å²) in [5, 5.41) is 3.40. The lowest BCUT2D eigenvalue weighted by Gasteiger charge is -2.29. The normalized spacial score (nSPS) is 16.2. The van der Waals surface area contributed by atoms with Crippen molar-refractivity contribution in [2.24, 2.45) is 0 Å². The van der Waals surface area contributed by atoms with Gasteiger partial charge in [-0.15, -0.1) is 0 Å². The molecular weight excluding hydrogens is 222 g/mol. The molecule has 0 saturated heterocycles. The van der Waals surface area contributed by atoms with E-state index in [1.807, 2.05) is 6.20 Å². The second-order valence-corrected chi connectivity index (χ2v) is 5.28. The Bertz CT molecular complexity index is 383. The highest BCUT2D eigenvalue weighted by Gasteiger charge is 2.21. The molecule has 1 N–H and O–H groups in total. The van der Waals surface area contributed by atoms with Gasteiger partial charge < -0.3 is 10.2 Å². The summed E-state index contributed by atoms with van der Waals surface area (Å²) in [4.78, 5) is 6.90. The molecule has 0 unspecified atom stereocenters. The number of aromatic nitrogens is 1. The molecule has 1 saturated carbocycles. The Kier molecular flexibility index (Phi) is 4.59. The molecule has 1 aliphatic rings. The van der Waals surface area contributed by atoms with E-state index in [-0.39, 0.29) is 0 Å². The lowest BCUT2D eigenvalue weighted by Crippen LogP contribution is -2.30. The first-order chi connectivity index (χ1) is 8.72. The number of rotatable bonds is 5. The summed E-state index contributed by atoms with van der Waals surface area (Å²) in [6, 6.07) is 2.94. The molecule has 3 nitrogen and oxygen atoms in total. The second-order valence-electron chi connectivity index (χ2n) is 5.28. The smallest absolute Gasteiger partial charge is 0.0445 e. The van der Waals surface area contributed by atoms with E-state index in [1.54, 1.807) is 0 Å². The van der Waals surface area contributed by atoms with Crippen LogP contribution < -0.4 is 10.2 Å². The van der Waals surface area contributed by atoms with Gasteiger partial charge in [-0.25, -0.2) is 0 Å². The molecular formula is C15H25N3. The Balaban J connectivity index is 2.19. The molecule has 1 aromatic rings. The van der Waals surface area contributed by atoms with Crippen LogP contribution in [0.3, 0.4) is 0 Å². The van der Waals surface area contributed by atoms with Crippen molar-refractivity contribution in [3.63, 3.8) is 0 Å². The second kappa shape index (κ2) is 6.19. The Morgan fingerprint density at radius 1 is 1.39 bits per heavy atom. The van der Waals surface area contributed by atoms with Gasteiger partial charge in [-0.05, 0) is 32.4 Å². The van der Waals surface area contributed by atoms with Gasteiger partial charge in [-0.2, -0.15) is 0 Å². The maximum Gasteiger partial charge on any atom is 0.0445 e. The van der Waals surface area contributed by atoms with Gasteiger partial charge in [-0.1, -0.05) is 19.8 Å². The Morgan fingerprint density at radius 3 is 2.78 bits per heavy atom. The zero-order chi connectivity index (χ0) is 13.0. The summed E-state index contributed by atoms with van der Waals surface area (Å²) in [5.74, 6) is 0. The standard InChI is InChI=1S/C15H25N3/c1-4-16-10-13-11-17-12(2)9-15(13)18(3)14-7-5-6-8-14/h9,11,14,16H,4-8,10H2,1-3H3. The highest BCUT2D eigenvalue weighted by Crippen LogP contribution is 2.29. The van der Waals surface area contributed by atoms with Crippen LogP contribution in [0.5, 0.6) is 0 Å². The van der Waals surface area contributed by atoms with Crippen molar-refractivity contribution in [2.45, 2.75) is 52.1 Å². The van der Waals surface area contributed by atoms with Gasteiger partial charge in [0.15, 0.2) is 0 Å². The molecule has 0 aliphatic heterocycles. The molecule has 1 aromatic heterocycles. The SMILES string of the molecule is CCNCc1cnc(C)cc1N(C)C1CCCC1. The highest BCUT2D eigenvalue weighted by atomic mass is 15.1. The predicted molar refractivity (Wildman–Crippen MR) is 77.0 cm³/mol. The van der Waals surface area contributed by atoms with Gasteiger partial charge in [0.05, 0.1) is 0 Å². The first-order valence-corrected chi connectivity index (χ1v) is 7.11. The lowest BCUT2D eigenvalue weighted by molar-refractivity contribution is 0.644. The first kappa shape index (κ1) is 13.3. The zero-order valence-corrected chi connectivity index (χ0v) is 11.9. The molecule has 1 heterocycles. The molecule has 0 aromatic carbocycles. The van der Waals surface area contributed by atoms with Gasteiger partial charge in [0.2, 0.25) is 0 Å². The summed E-state index contributed by atoms with van der Waals surface area (Å²) in [5.41, 5.74) is 3.78. The van der Waals surface area contributed by atoms with Crippen LogP contribution in [0.25, 0.3) is 0 Å². The molecule has 1 aliphatic carbocycles. The van der Waals surface area contributed by atoms with Crippen LogP contribution in [0.1, 0.15) is 43.9 Å². The summed E-state index contributed by atoms with van der Waals surface area (Å²) >= 11 is 0. The Hall–Kier alpha value is -1.09. The van der Waals surface area contributed by atoms with Gasteiger partial charge in [0.25, 0.3) is 0 Å². The summed E-state index contributed by atoms with van der Waals surface area (Å²) in [6.45, 7) is 6.13. The number of aryl methyl sites for hydroxylation is 1. The fraction of sp³-hybridized carbons (Fsp3) is 0.667. The third-order valence-electron chi connectivity index (χ3n) is 3.92. The van der Waals surface area contributed by atoms with E-state index in [9.17, 15) is 0 Å². The molecule has 3 heteroatoms. The van der Waals surface area contributed by atoms with Gasteiger partial charge in [0.1, 0.15) is 0 Å². The van der Waals surface area contributed by atoms with Crippen LogP contribution in [0.4, 0.5) is 5.69 Å². The number of nitrogens with one attached hydrogen (secondary N) is 1. The number of hydrogen-bond acceptors (Lipinski definition) is 3. The van der Waals surface area contributed by atoms with E-state index in [0.29, 0.717) is 6.04 Å². The van der Waals surface area contributed by atoms with Crippen LogP contribution in [-0.4, -0.2) is 24.6 Å². The predicted octanol–water partition coefficient (Wildman–Crippen LogP) is 2.88. The van der Waals surface area contributed by atoms with Crippen molar-refractivity contribution in [2.75, 3.05) is 18.5 Å². The number of pyridine rings is 1. The Morgan fingerprint density at radius 2 is 2.11 bits per heavy atom. The molecule has 0 spiro atoms. The topological polar surface area (TPSA) is 28.2 Å². The van der Waals surface area contributed by atoms with Gasteiger partial charge in [-0.3, -0.25) is 4.98 Å². The van der Waals surface area contributed by atoms with Gasteiger partial charge >= 0.3 is 0 Å². The fourth-order valence-electron chi connectivity index (χ4n) is 2.79. The van der Waals surface area contributed by atoms with Crippen molar-refractivity contribution >= 4 is 5.69 Å². The van der Waals surface area contributed by atoms with E-state index < -0.39 is 0 Å². The summed E-state index contributed by atoms with van der Waals surface area (Å²) in [7, 11) is 2.24. The lowest BCUT2D eigenvalue weighted by atomic mass is 10.1. The van der Waals surface area contributed by atoms with E-state index in [0.717, 1.165) is 18.8 Å². The van der Waals surface area contributed by atoms with Gasteiger partial charge in [0, 0.05) is 42.8 Å². The van der Waals surface area contributed by atoms with Crippen molar-refractivity contribution in [3.05, 3.63) is 23.5 Å². The molecule has 100 valence electrons. The highest BCUT2D eigenvalue weighted by molar-refractivity contribution is 5.54. The minimum Gasteiger partial charge on any atom is -0.371 e. The van der Waals surface area contributed by atoms with Crippen LogP contribution in [0.15, 0.2) is 12.3 Å². The van der Waals surface area contributed by atoms with Crippen molar-refractivity contribution in [1.82, 2.24) is 10.3 Å². The van der Waals surface area contributed by atoms with E-state index in [4.69, 9.17) is 0 Å². The number of nitrogens with zero attached hydrogens (tertiary/aromatic N) is 2. The Labute approximate surface area is 111 Å². The summed E-state index contributed by atoms with van der Waals surface area (Å²) in [6.07, 6.45) is 7.44. The third-order valence-corrected chi connectivity index (χ3v) is 3.92. The zero-order valence-electron chi connectivity index (χ0n) is 11.9. The maximum absolute atomic E-state index is 4.44. The van der Waals surface area contributed by atoms with Crippen LogP contribution >= 0.6 is 0 Å². The van der Waals surface area contributed by atoms with Crippen LogP contribution in [-0.2, 0) is 6.54 Å². The molecule has 0 amide bonds. The van der Waals surface area contributed by atoms with Crippen molar-refractivity contribution in [3.8, 4) is 0 Å². The number of anilines is 1. The van der Waals surface area contributed by atoms with Crippen molar-refractivity contribution < 1.29 is 0 Å². The summed E-state index contributed by atoms with van der Waals surface area (Å²) < 4.78 is 0. The maximum atomic E-state index is 4.44. The molecule has 0 atom stereocenters. The van der Waals surface area contributed by atoms with Crippen LogP contribution in [0.2, 0.25) is 0 Å². The minimum atomic E-state index is 0.715. The monoisotopic (exact) mass is 247 g/mol. The fourth-order valence-corrected chi connectivity index (χ4v) is 2.79. The molecule has 2 rings (SSSR count). The number of hydrogen-bond donors (Lipinski definition) is 1. The molecule has 0 radical (unpaired) electrons. The van der Waals surface area contributed by atoms with Crippen LogP contribution in [0, 0.1) is 6.92 Å². The minimum absolute atomic E-state index is 0.715. The molecule has 18 heavy (non-hydrogen) atoms. The average Bonchev–Trinajstić information content (AvgIpc) is 2.90.